The van der Waals surface area contributed by atoms with Gasteiger partial charge in [0.15, 0.2) is 0 Å². The summed E-state index contributed by atoms with van der Waals surface area (Å²) in [6, 6.07) is 2.48. The summed E-state index contributed by atoms with van der Waals surface area (Å²) in [6.45, 7) is 8.73. The van der Waals surface area contributed by atoms with Gasteiger partial charge in [-0.05, 0) is 18.8 Å². The van der Waals surface area contributed by atoms with Crippen LogP contribution in [0.1, 0.15) is 40.5 Å². The van der Waals surface area contributed by atoms with Crippen molar-refractivity contribution in [1.29, 1.82) is 5.26 Å². The van der Waals surface area contributed by atoms with E-state index in [0.29, 0.717) is 5.92 Å². The molecule has 2 atom stereocenters. The monoisotopic (exact) mass is 183 g/mol. The molecule has 1 saturated carbocycles. The third-order valence-corrected chi connectivity index (χ3v) is 4.10. The van der Waals surface area contributed by atoms with Gasteiger partial charge in [-0.15, -0.1) is 11.8 Å². The van der Waals surface area contributed by atoms with Crippen molar-refractivity contribution in [2.75, 3.05) is 0 Å². The molecule has 0 heterocycles. The Bertz CT molecular complexity index is 211. The molecular formula is C10H17NS. The lowest BCUT2D eigenvalue weighted by Crippen LogP contribution is -2.43. The second kappa shape index (κ2) is 2.96. The molecule has 1 aliphatic carbocycles. The first kappa shape index (κ1) is 9.92. The maximum atomic E-state index is 9.10. The van der Waals surface area contributed by atoms with Crippen molar-refractivity contribution in [3.63, 3.8) is 0 Å². The topological polar surface area (TPSA) is 23.8 Å². The summed E-state index contributed by atoms with van der Waals surface area (Å²) in [4.78, 5) is 0. The molecule has 2 unspecified atom stereocenters. The largest absolute Gasteiger partial charge is 0.197 e. The minimum absolute atomic E-state index is 0.0712. The molecule has 1 rings (SSSR count). The van der Waals surface area contributed by atoms with Crippen LogP contribution in [0, 0.1) is 17.2 Å². The van der Waals surface area contributed by atoms with Gasteiger partial charge in [-0.25, -0.2) is 0 Å². The van der Waals surface area contributed by atoms with Crippen LogP contribution in [0.15, 0.2) is 0 Å². The standard InChI is InChI=1S/C10H17NS/c1-8-5-6-10(8,7-11)12-9(2,3)4/h8H,5-6H2,1-4H3. The summed E-state index contributed by atoms with van der Waals surface area (Å²) in [5.74, 6) is 0.576. The number of hydrogen-bond acceptors (Lipinski definition) is 2. The molecule has 0 radical (unpaired) electrons. The van der Waals surface area contributed by atoms with Crippen molar-refractivity contribution in [2.24, 2.45) is 5.92 Å². The molecule has 0 aliphatic heterocycles. The first-order valence-electron chi connectivity index (χ1n) is 4.51. The van der Waals surface area contributed by atoms with Gasteiger partial charge in [-0.3, -0.25) is 0 Å². The highest BCUT2D eigenvalue weighted by Gasteiger charge is 2.47. The summed E-state index contributed by atoms with van der Waals surface area (Å²) >= 11 is 1.84. The molecule has 0 N–H and O–H groups in total. The van der Waals surface area contributed by atoms with Crippen LogP contribution in [0.4, 0.5) is 0 Å². The van der Waals surface area contributed by atoms with Crippen LogP contribution < -0.4 is 0 Å². The number of thioether (sulfide) groups is 1. The van der Waals surface area contributed by atoms with Crippen LogP contribution >= 0.6 is 11.8 Å². The average Bonchev–Trinajstić information content (AvgIpc) is 1.95. The Morgan fingerprint density at radius 3 is 2.17 bits per heavy atom. The van der Waals surface area contributed by atoms with Crippen molar-refractivity contribution in [3.05, 3.63) is 0 Å². The van der Waals surface area contributed by atoms with Crippen molar-refractivity contribution < 1.29 is 0 Å². The Kier molecular flexibility index (Phi) is 2.45. The summed E-state index contributed by atoms with van der Waals surface area (Å²) in [6.07, 6.45) is 2.29. The van der Waals surface area contributed by atoms with Crippen molar-refractivity contribution >= 4 is 11.8 Å². The fourth-order valence-electron chi connectivity index (χ4n) is 1.58. The minimum Gasteiger partial charge on any atom is -0.197 e. The lowest BCUT2D eigenvalue weighted by Gasteiger charge is -2.45. The Labute approximate surface area is 79.5 Å². The van der Waals surface area contributed by atoms with E-state index >= 15 is 0 Å². The zero-order valence-electron chi connectivity index (χ0n) is 8.35. The lowest BCUT2D eigenvalue weighted by atomic mass is 9.75. The summed E-state index contributed by atoms with van der Waals surface area (Å²) < 4.78 is 0.142. The zero-order valence-corrected chi connectivity index (χ0v) is 9.16. The van der Waals surface area contributed by atoms with Gasteiger partial charge in [0.05, 0.1) is 6.07 Å². The molecule has 1 fully saturated rings. The molecule has 68 valence electrons. The van der Waals surface area contributed by atoms with Gasteiger partial charge in [-0.1, -0.05) is 27.7 Å². The minimum atomic E-state index is -0.0712. The molecule has 0 amide bonds. The smallest absolute Gasteiger partial charge is 0.105 e. The fraction of sp³-hybridized carbons (Fsp3) is 0.900. The molecule has 0 aromatic carbocycles. The third kappa shape index (κ3) is 1.77. The van der Waals surface area contributed by atoms with Crippen LogP contribution in [-0.4, -0.2) is 9.49 Å². The number of rotatable bonds is 1. The molecule has 0 aromatic heterocycles. The van der Waals surface area contributed by atoms with E-state index in [-0.39, 0.29) is 9.49 Å². The van der Waals surface area contributed by atoms with Crippen molar-refractivity contribution in [3.8, 4) is 6.07 Å². The predicted molar refractivity (Wildman–Crippen MR) is 54.1 cm³/mol. The first-order chi connectivity index (χ1) is 5.40. The molecular weight excluding hydrogens is 166 g/mol. The Balaban J connectivity index is 2.66. The van der Waals surface area contributed by atoms with Crippen LogP contribution in [0.3, 0.4) is 0 Å². The Morgan fingerprint density at radius 2 is 2.08 bits per heavy atom. The van der Waals surface area contributed by atoms with Gasteiger partial charge in [0, 0.05) is 4.75 Å². The normalized spacial score (nSPS) is 35.4. The molecule has 0 aromatic rings. The second-order valence-electron chi connectivity index (χ2n) is 4.66. The van der Waals surface area contributed by atoms with Crippen molar-refractivity contribution in [2.45, 2.75) is 50.0 Å². The maximum absolute atomic E-state index is 9.10. The van der Waals surface area contributed by atoms with Gasteiger partial charge in [-0.2, -0.15) is 5.26 Å². The van der Waals surface area contributed by atoms with E-state index < -0.39 is 0 Å². The van der Waals surface area contributed by atoms with E-state index in [1.165, 1.54) is 6.42 Å². The lowest BCUT2D eigenvalue weighted by molar-refractivity contribution is 0.295. The van der Waals surface area contributed by atoms with E-state index in [1.54, 1.807) is 0 Å². The average molecular weight is 183 g/mol. The molecule has 0 spiro atoms. The van der Waals surface area contributed by atoms with Crippen LogP contribution in [0.25, 0.3) is 0 Å². The van der Waals surface area contributed by atoms with Gasteiger partial charge in [0.25, 0.3) is 0 Å². The Hall–Kier alpha value is -0.160. The van der Waals surface area contributed by atoms with Gasteiger partial charge >= 0.3 is 0 Å². The third-order valence-electron chi connectivity index (χ3n) is 2.42. The van der Waals surface area contributed by atoms with Gasteiger partial charge in [0.1, 0.15) is 4.75 Å². The second-order valence-corrected chi connectivity index (χ2v) is 6.81. The van der Waals surface area contributed by atoms with Crippen LogP contribution in [-0.2, 0) is 0 Å². The number of nitrogens with zero attached hydrogens (tertiary/aromatic N) is 1. The maximum Gasteiger partial charge on any atom is 0.105 e. The zero-order chi connectivity index (χ0) is 9.41. The van der Waals surface area contributed by atoms with E-state index in [1.807, 2.05) is 11.8 Å². The predicted octanol–water partition coefficient (Wildman–Crippen LogP) is 3.21. The fourth-order valence-corrected chi connectivity index (χ4v) is 3.26. The molecule has 1 aliphatic rings. The van der Waals surface area contributed by atoms with E-state index in [9.17, 15) is 0 Å². The quantitative estimate of drug-likeness (QED) is 0.623. The molecule has 12 heavy (non-hydrogen) atoms. The molecule has 2 heteroatoms. The first-order valence-corrected chi connectivity index (χ1v) is 5.33. The molecule has 0 saturated heterocycles. The van der Waals surface area contributed by atoms with Crippen LogP contribution in [0.2, 0.25) is 0 Å². The van der Waals surface area contributed by atoms with E-state index in [2.05, 4.69) is 33.8 Å². The summed E-state index contributed by atoms with van der Waals surface area (Å²) in [5.41, 5.74) is 0. The SMILES string of the molecule is CC1CCC1(C#N)SC(C)(C)C. The number of nitriles is 1. The Morgan fingerprint density at radius 1 is 1.50 bits per heavy atom. The molecule has 0 bridgehead atoms. The highest BCUT2D eigenvalue weighted by Crippen LogP contribution is 2.52. The number of hydrogen-bond donors (Lipinski definition) is 0. The van der Waals surface area contributed by atoms with Crippen molar-refractivity contribution in [1.82, 2.24) is 0 Å². The highest BCUT2D eigenvalue weighted by molar-refractivity contribution is 8.02. The molecule has 1 nitrogen and oxygen atoms in total. The van der Waals surface area contributed by atoms with Gasteiger partial charge in [0.2, 0.25) is 0 Å². The van der Waals surface area contributed by atoms with E-state index in [0.717, 1.165) is 6.42 Å². The van der Waals surface area contributed by atoms with Gasteiger partial charge < -0.3 is 0 Å². The highest BCUT2D eigenvalue weighted by atomic mass is 32.2. The summed E-state index contributed by atoms with van der Waals surface area (Å²) in [7, 11) is 0. The van der Waals surface area contributed by atoms with E-state index in [4.69, 9.17) is 5.26 Å². The summed E-state index contributed by atoms with van der Waals surface area (Å²) in [5, 5.41) is 9.10. The van der Waals surface area contributed by atoms with Crippen LogP contribution in [0.5, 0.6) is 0 Å².